The maximum Gasteiger partial charge on any atom is 0.252 e. The standard InChI is InChI=1S/C22H28N2O4/c1-3-4-5-9-14-28-18-13-12-17(15-19(18)27-2)22(26)24-20(21(23)25)16-10-7-6-8-11-16/h6-8,10-13,15,20H,3-5,9,14H2,1-2H3,(H2,23,25)(H,24,26). The first-order valence-corrected chi connectivity index (χ1v) is 9.52. The zero-order valence-electron chi connectivity index (χ0n) is 16.4. The highest BCUT2D eigenvalue weighted by Gasteiger charge is 2.21. The van der Waals surface area contributed by atoms with Crippen LogP contribution in [0.4, 0.5) is 0 Å². The van der Waals surface area contributed by atoms with E-state index in [2.05, 4.69) is 12.2 Å². The smallest absolute Gasteiger partial charge is 0.252 e. The summed E-state index contributed by atoms with van der Waals surface area (Å²) >= 11 is 0. The van der Waals surface area contributed by atoms with Crippen molar-refractivity contribution in [1.29, 1.82) is 0 Å². The van der Waals surface area contributed by atoms with Crippen LogP contribution >= 0.6 is 0 Å². The summed E-state index contributed by atoms with van der Waals surface area (Å²) in [5, 5.41) is 2.68. The number of hydrogen-bond acceptors (Lipinski definition) is 4. The number of nitrogens with two attached hydrogens (primary N) is 1. The fourth-order valence-corrected chi connectivity index (χ4v) is 2.82. The Bertz CT molecular complexity index is 777. The SMILES string of the molecule is CCCCCCOc1ccc(C(=O)NC(C(N)=O)c2ccccc2)cc1OC. The monoisotopic (exact) mass is 384 g/mol. The molecule has 150 valence electrons. The number of nitrogens with one attached hydrogen (secondary N) is 1. The lowest BCUT2D eigenvalue weighted by Gasteiger charge is -2.17. The van der Waals surface area contributed by atoms with Gasteiger partial charge in [-0.1, -0.05) is 56.5 Å². The molecule has 2 aromatic rings. The Morgan fingerprint density at radius 3 is 2.43 bits per heavy atom. The van der Waals surface area contributed by atoms with E-state index < -0.39 is 17.9 Å². The van der Waals surface area contributed by atoms with Gasteiger partial charge in [0, 0.05) is 5.56 Å². The molecule has 0 spiro atoms. The molecule has 2 aromatic carbocycles. The van der Waals surface area contributed by atoms with Crippen LogP contribution in [0.2, 0.25) is 0 Å². The van der Waals surface area contributed by atoms with Gasteiger partial charge in [-0.05, 0) is 30.2 Å². The van der Waals surface area contributed by atoms with E-state index in [0.717, 1.165) is 12.8 Å². The van der Waals surface area contributed by atoms with E-state index in [9.17, 15) is 9.59 Å². The molecule has 0 radical (unpaired) electrons. The Morgan fingerprint density at radius 1 is 1.04 bits per heavy atom. The van der Waals surface area contributed by atoms with Gasteiger partial charge in [-0.2, -0.15) is 0 Å². The number of primary amides is 1. The van der Waals surface area contributed by atoms with Crippen LogP contribution in [0.1, 0.15) is 54.6 Å². The number of ether oxygens (including phenoxy) is 2. The van der Waals surface area contributed by atoms with Crippen molar-refractivity contribution in [2.75, 3.05) is 13.7 Å². The van der Waals surface area contributed by atoms with E-state index in [-0.39, 0.29) is 0 Å². The Balaban J connectivity index is 2.07. The molecule has 0 fully saturated rings. The molecule has 28 heavy (non-hydrogen) atoms. The number of methoxy groups -OCH3 is 1. The van der Waals surface area contributed by atoms with Crippen LogP contribution in [-0.2, 0) is 4.79 Å². The number of amides is 2. The van der Waals surface area contributed by atoms with Gasteiger partial charge < -0.3 is 20.5 Å². The molecule has 1 unspecified atom stereocenters. The zero-order chi connectivity index (χ0) is 20.4. The number of carbonyl (C=O) groups excluding carboxylic acids is 2. The molecule has 1 atom stereocenters. The van der Waals surface area contributed by atoms with Crippen molar-refractivity contribution in [2.24, 2.45) is 5.73 Å². The Labute approximate surface area is 166 Å². The normalized spacial score (nSPS) is 11.5. The van der Waals surface area contributed by atoms with Gasteiger partial charge in [0.1, 0.15) is 6.04 Å². The number of carbonyl (C=O) groups is 2. The predicted molar refractivity (Wildman–Crippen MR) is 108 cm³/mol. The van der Waals surface area contributed by atoms with E-state index in [1.165, 1.54) is 20.0 Å². The summed E-state index contributed by atoms with van der Waals surface area (Å²) in [6.07, 6.45) is 4.44. The van der Waals surface area contributed by atoms with Gasteiger partial charge in [-0.15, -0.1) is 0 Å². The summed E-state index contributed by atoms with van der Waals surface area (Å²) in [5.41, 5.74) is 6.45. The molecule has 3 N–H and O–H groups in total. The second kappa shape index (κ2) is 11.0. The molecule has 0 aliphatic carbocycles. The highest BCUT2D eigenvalue weighted by Crippen LogP contribution is 2.28. The van der Waals surface area contributed by atoms with Crippen molar-refractivity contribution in [2.45, 2.75) is 38.6 Å². The summed E-state index contributed by atoms with van der Waals surface area (Å²) in [6.45, 7) is 2.76. The Hall–Kier alpha value is -3.02. The minimum atomic E-state index is -0.908. The van der Waals surface area contributed by atoms with Crippen molar-refractivity contribution < 1.29 is 19.1 Å². The minimum absolute atomic E-state index is 0.359. The van der Waals surface area contributed by atoms with E-state index in [4.69, 9.17) is 15.2 Å². The second-order valence-corrected chi connectivity index (χ2v) is 6.49. The lowest BCUT2D eigenvalue weighted by Crippen LogP contribution is -2.37. The molecule has 6 heteroatoms. The summed E-state index contributed by atoms with van der Waals surface area (Å²) in [6, 6.07) is 12.9. The lowest BCUT2D eigenvalue weighted by atomic mass is 10.1. The van der Waals surface area contributed by atoms with Crippen molar-refractivity contribution in [3.05, 3.63) is 59.7 Å². The van der Waals surface area contributed by atoms with E-state index in [0.29, 0.717) is 29.2 Å². The van der Waals surface area contributed by atoms with E-state index in [1.807, 2.05) is 6.07 Å². The summed E-state index contributed by atoms with van der Waals surface area (Å²) in [4.78, 5) is 24.4. The third kappa shape index (κ3) is 6.01. The molecule has 0 aliphatic heterocycles. The first kappa shape index (κ1) is 21.3. The van der Waals surface area contributed by atoms with Crippen LogP contribution in [0.5, 0.6) is 11.5 Å². The van der Waals surface area contributed by atoms with Gasteiger partial charge >= 0.3 is 0 Å². The molecule has 2 rings (SSSR count). The van der Waals surface area contributed by atoms with E-state index >= 15 is 0 Å². The average molecular weight is 384 g/mol. The van der Waals surface area contributed by atoms with E-state index in [1.54, 1.807) is 42.5 Å². The summed E-state index contributed by atoms with van der Waals surface area (Å²) in [5.74, 6) is 0.0162. The van der Waals surface area contributed by atoms with Crippen LogP contribution < -0.4 is 20.5 Å². The fraction of sp³-hybridized carbons (Fsp3) is 0.364. The maximum atomic E-state index is 12.6. The number of hydrogen-bond donors (Lipinski definition) is 2. The van der Waals surface area contributed by atoms with Crippen molar-refractivity contribution in [1.82, 2.24) is 5.32 Å². The van der Waals surface area contributed by atoms with Gasteiger partial charge in [-0.3, -0.25) is 9.59 Å². The van der Waals surface area contributed by atoms with Crippen molar-refractivity contribution >= 4 is 11.8 Å². The fourth-order valence-electron chi connectivity index (χ4n) is 2.82. The zero-order valence-corrected chi connectivity index (χ0v) is 16.4. The minimum Gasteiger partial charge on any atom is -0.493 e. The maximum absolute atomic E-state index is 12.6. The Kier molecular flexibility index (Phi) is 8.34. The first-order chi connectivity index (χ1) is 13.6. The summed E-state index contributed by atoms with van der Waals surface area (Å²) in [7, 11) is 1.52. The van der Waals surface area contributed by atoms with Crippen molar-refractivity contribution in [3.63, 3.8) is 0 Å². The molecule has 6 nitrogen and oxygen atoms in total. The number of rotatable bonds is 11. The van der Waals surface area contributed by atoms with Gasteiger partial charge in [0.25, 0.3) is 5.91 Å². The van der Waals surface area contributed by atoms with Gasteiger partial charge in [-0.25, -0.2) is 0 Å². The van der Waals surface area contributed by atoms with Gasteiger partial charge in [0.05, 0.1) is 13.7 Å². The first-order valence-electron chi connectivity index (χ1n) is 9.52. The molecular weight excluding hydrogens is 356 g/mol. The highest BCUT2D eigenvalue weighted by molar-refractivity contribution is 5.98. The van der Waals surface area contributed by atoms with Gasteiger partial charge in [0.2, 0.25) is 5.91 Å². The Morgan fingerprint density at radius 2 is 1.79 bits per heavy atom. The topological polar surface area (TPSA) is 90.6 Å². The molecule has 2 amide bonds. The van der Waals surface area contributed by atoms with Crippen molar-refractivity contribution in [3.8, 4) is 11.5 Å². The largest absolute Gasteiger partial charge is 0.493 e. The van der Waals surface area contributed by atoms with Crippen LogP contribution in [0.15, 0.2) is 48.5 Å². The molecular formula is C22H28N2O4. The molecule has 0 bridgehead atoms. The average Bonchev–Trinajstić information content (AvgIpc) is 2.72. The number of benzene rings is 2. The molecule has 0 heterocycles. The summed E-state index contributed by atoms with van der Waals surface area (Å²) < 4.78 is 11.1. The van der Waals surface area contributed by atoms with Crippen LogP contribution in [-0.4, -0.2) is 25.5 Å². The molecule has 0 saturated heterocycles. The predicted octanol–water partition coefficient (Wildman–Crippen LogP) is 3.61. The third-order valence-corrected chi connectivity index (χ3v) is 4.37. The second-order valence-electron chi connectivity index (χ2n) is 6.49. The lowest BCUT2D eigenvalue weighted by molar-refractivity contribution is -0.120. The van der Waals surface area contributed by atoms with Crippen LogP contribution in [0, 0.1) is 0 Å². The molecule has 0 saturated carbocycles. The molecule has 0 aromatic heterocycles. The third-order valence-electron chi connectivity index (χ3n) is 4.37. The van der Waals surface area contributed by atoms with Crippen LogP contribution in [0.25, 0.3) is 0 Å². The van der Waals surface area contributed by atoms with Crippen LogP contribution in [0.3, 0.4) is 0 Å². The van der Waals surface area contributed by atoms with Gasteiger partial charge in [0.15, 0.2) is 11.5 Å². The quantitative estimate of drug-likeness (QED) is 0.579. The number of unbranched alkanes of at least 4 members (excludes halogenated alkanes) is 3. The highest BCUT2D eigenvalue weighted by atomic mass is 16.5. The molecule has 0 aliphatic rings.